The molecule has 88 valence electrons. The Hall–Kier alpha value is -1.61. The maximum atomic E-state index is 5.86. The summed E-state index contributed by atoms with van der Waals surface area (Å²) in [6, 6.07) is 7.96. The fourth-order valence-corrected chi connectivity index (χ4v) is 1.72. The van der Waals surface area contributed by atoms with Gasteiger partial charge in [0.15, 0.2) is 0 Å². The first-order valence-corrected chi connectivity index (χ1v) is 5.84. The molecule has 0 amide bonds. The average Bonchev–Trinajstić information content (AvgIpc) is 2.33. The lowest BCUT2D eigenvalue weighted by molar-refractivity contribution is 0.866. The van der Waals surface area contributed by atoms with Gasteiger partial charge in [0.1, 0.15) is 5.82 Å². The van der Waals surface area contributed by atoms with Crippen LogP contribution in [0.1, 0.15) is 24.2 Å². The zero-order chi connectivity index (χ0) is 12.3. The highest BCUT2D eigenvalue weighted by Crippen LogP contribution is 2.20. The van der Waals surface area contributed by atoms with Crippen molar-refractivity contribution in [1.29, 1.82) is 0 Å². The molecule has 2 aromatic rings. The minimum absolute atomic E-state index is 0.169. The maximum Gasteiger partial charge on any atom is 0.147 e. The van der Waals surface area contributed by atoms with Gasteiger partial charge < -0.3 is 5.32 Å². The summed E-state index contributed by atoms with van der Waals surface area (Å²) in [5.41, 5.74) is 2.06. The van der Waals surface area contributed by atoms with Gasteiger partial charge in [0, 0.05) is 17.4 Å². The van der Waals surface area contributed by atoms with Crippen LogP contribution in [0.5, 0.6) is 0 Å². The maximum absolute atomic E-state index is 5.86. The Morgan fingerprint density at radius 1 is 1.12 bits per heavy atom. The van der Waals surface area contributed by atoms with Gasteiger partial charge in [-0.2, -0.15) is 0 Å². The van der Waals surface area contributed by atoms with E-state index in [0.29, 0.717) is 0 Å². The van der Waals surface area contributed by atoms with Crippen LogP contribution in [0, 0.1) is 6.92 Å². The SMILES string of the molecule is Cc1nccnc1N[C@@H](C)c1ccc(Cl)cc1. The van der Waals surface area contributed by atoms with E-state index in [2.05, 4.69) is 22.2 Å². The lowest BCUT2D eigenvalue weighted by Crippen LogP contribution is -2.09. The van der Waals surface area contributed by atoms with Gasteiger partial charge in [-0.15, -0.1) is 0 Å². The van der Waals surface area contributed by atoms with Gasteiger partial charge in [-0.05, 0) is 31.5 Å². The molecule has 0 saturated carbocycles. The minimum atomic E-state index is 0.169. The second-order valence-corrected chi connectivity index (χ2v) is 4.34. The number of anilines is 1. The molecule has 17 heavy (non-hydrogen) atoms. The van der Waals surface area contributed by atoms with Crippen LogP contribution in [-0.2, 0) is 0 Å². The highest BCUT2D eigenvalue weighted by Gasteiger charge is 2.07. The summed E-state index contributed by atoms with van der Waals surface area (Å²) >= 11 is 5.86. The Labute approximate surface area is 106 Å². The molecule has 3 nitrogen and oxygen atoms in total. The molecule has 0 fully saturated rings. The number of rotatable bonds is 3. The number of nitrogens with one attached hydrogen (secondary N) is 1. The molecule has 1 atom stereocenters. The second kappa shape index (κ2) is 5.15. The Bertz CT molecular complexity index is 496. The fourth-order valence-electron chi connectivity index (χ4n) is 1.59. The fraction of sp³-hybridized carbons (Fsp3) is 0.231. The molecule has 0 unspecified atom stereocenters. The summed E-state index contributed by atoms with van der Waals surface area (Å²) < 4.78 is 0. The summed E-state index contributed by atoms with van der Waals surface area (Å²) in [5, 5.41) is 4.08. The third-order valence-electron chi connectivity index (χ3n) is 2.60. The van der Waals surface area contributed by atoms with E-state index in [1.807, 2.05) is 31.2 Å². The van der Waals surface area contributed by atoms with Crippen LogP contribution >= 0.6 is 11.6 Å². The van der Waals surface area contributed by atoms with Gasteiger partial charge in [0.05, 0.1) is 11.7 Å². The zero-order valence-electron chi connectivity index (χ0n) is 9.81. The van der Waals surface area contributed by atoms with Gasteiger partial charge in [-0.25, -0.2) is 4.98 Å². The Morgan fingerprint density at radius 2 is 1.76 bits per heavy atom. The molecular formula is C13H14ClN3. The van der Waals surface area contributed by atoms with Crippen LogP contribution in [0.25, 0.3) is 0 Å². The van der Waals surface area contributed by atoms with E-state index in [-0.39, 0.29) is 6.04 Å². The van der Waals surface area contributed by atoms with Crippen molar-refractivity contribution in [3.05, 3.63) is 52.9 Å². The second-order valence-electron chi connectivity index (χ2n) is 3.91. The van der Waals surface area contributed by atoms with Crippen LogP contribution < -0.4 is 5.32 Å². The number of halogens is 1. The summed E-state index contributed by atoms with van der Waals surface area (Å²) in [6.07, 6.45) is 3.37. The van der Waals surface area contributed by atoms with E-state index < -0.39 is 0 Å². The van der Waals surface area contributed by atoms with Crippen molar-refractivity contribution in [2.24, 2.45) is 0 Å². The molecule has 1 aromatic heterocycles. The molecule has 0 bridgehead atoms. The minimum Gasteiger partial charge on any atom is -0.362 e. The standard InChI is InChI=1S/C13H14ClN3/c1-9(11-3-5-12(14)6-4-11)17-13-10(2)15-7-8-16-13/h3-9H,1-2H3,(H,16,17)/t9-/m0/s1. The molecule has 0 aliphatic rings. The monoisotopic (exact) mass is 247 g/mol. The van der Waals surface area contributed by atoms with E-state index in [4.69, 9.17) is 11.6 Å². The number of aryl methyl sites for hydroxylation is 1. The third-order valence-corrected chi connectivity index (χ3v) is 2.86. The molecule has 4 heteroatoms. The molecule has 0 aliphatic heterocycles. The van der Waals surface area contributed by atoms with Crippen molar-refractivity contribution in [3.63, 3.8) is 0 Å². The van der Waals surface area contributed by atoms with Crippen molar-refractivity contribution in [2.75, 3.05) is 5.32 Å². The van der Waals surface area contributed by atoms with Crippen molar-refractivity contribution < 1.29 is 0 Å². The van der Waals surface area contributed by atoms with E-state index in [9.17, 15) is 0 Å². The molecule has 0 spiro atoms. The highest BCUT2D eigenvalue weighted by molar-refractivity contribution is 6.30. The van der Waals surface area contributed by atoms with Gasteiger partial charge in [-0.3, -0.25) is 4.98 Å². The number of aromatic nitrogens is 2. The summed E-state index contributed by atoms with van der Waals surface area (Å²) in [7, 11) is 0. The van der Waals surface area contributed by atoms with Gasteiger partial charge in [-0.1, -0.05) is 23.7 Å². The molecule has 0 saturated heterocycles. The van der Waals surface area contributed by atoms with Crippen LogP contribution in [0.3, 0.4) is 0 Å². The predicted molar refractivity (Wildman–Crippen MR) is 70.3 cm³/mol. The first-order valence-electron chi connectivity index (χ1n) is 5.46. The molecule has 2 rings (SSSR count). The van der Waals surface area contributed by atoms with Crippen molar-refractivity contribution in [1.82, 2.24) is 9.97 Å². The van der Waals surface area contributed by atoms with Crippen LogP contribution in [0.2, 0.25) is 5.02 Å². The van der Waals surface area contributed by atoms with E-state index in [1.54, 1.807) is 12.4 Å². The number of benzene rings is 1. The average molecular weight is 248 g/mol. The number of hydrogen-bond donors (Lipinski definition) is 1. The lowest BCUT2D eigenvalue weighted by atomic mass is 10.1. The van der Waals surface area contributed by atoms with Gasteiger partial charge in [0.25, 0.3) is 0 Å². The zero-order valence-corrected chi connectivity index (χ0v) is 10.6. The Kier molecular flexibility index (Phi) is 3.59. The van der Waals surface area contributed by atoms with Crippen LogP contribution in [-0.4, -0.2) is 9.97 Å². The molecule has 0 radical (unpaired) electrons. The summed E-state index contributed by atoms with van der Waals surface area (Å²) in [5.74, 6) is 0.815. The van der Waals surface area contributed by atoms with E-state index in [0.717, 1.165) is 16.5 Å². The first kappa shape index (κ1) is 11.9. The topological polar surface area (TPSA) is 37.8 Å². The predicted octanol–water partition coefficient (Wildman–Crippen LogP) is 3.61. The largest absolute Gasteiger partial charge is 0.362 e. The summed E-state index contributed by atoms with van der Waals surface area (Å²) in [6.45, 7) is 4.02. The molecule has 1 heterocycles. The normalized spacial score (nSPS) is 12.2. The molecular weight excluding hydrogens is 234 g/mol. The van der Waals surface area contributed by atoms with Gasteiger partial charge in [0.2, 0.25) is 0 Å². The van der Waals surface area contributed by atoms with Crippen LogP contribution in [0.15, 0.2) is 36.7 Å². The third kappa shape index (κ3) is 2.94. The smallest absolute Gasteiger partial charge is 0.147 e. The summed E-state index contributed by atoms with van der Waals surface area (Å²) in [4.78, 5) is 8.46. The Morgan fingerprint density at radius 3 is 2.41 bits per heavy atom. The first-order chi connectivity index (χ1) is 8.16. The quantitative estimate of drug-likeness (QED) is 0.900. The Balaban J connectivity index is 2.14. The van der Waals surface area contributed by atoms with Crippen LogP contribution in [0.4, 0.5) is 5.82 Å². The van der Waals surface area contributed by atoms with E-state index in [1.165, 1.54) is 5.56 Å². The van der Waals surface area contributed by atoms with Gasteiger partial charge >= 0.3 is 0 Å². The molecule has 1 N–H and O–H groups in total. The molecule has 0 aliphatic carbocycles. The lowest BCUT2D eigenvalue weighted by Gasteiger charge is -2.15. The molecule has 1 aromatic carbocycles. The van der Waals surface area contributed by atoms with E-state index >= 15 is 0 Å². The highest BCUT2D eigenvalue weighted by atomic mass is 35.5. The number of hydrogen-bond acceptors (Lipinski definition) is 3. The van der Waals surface area contributed by atoms with Crippen molar-refractivity contribution in [3.8, 4) is 0 Å². The van der Waals surface area contributed by atoms with Crippen molar-refractivity contribution in [2.45, 2.75) is 19.9 Å². The van der Waals surface area contributed by atoms with Crippen molar-refractivity contribution >= 4 is 17.4 Å². The number of nitrogens with zero attached hydrogens (tertiary/aromatic N) is 2.